The second kappa shape index (κ2) is 4.28. The molecule has 0 radical (unpaired) electrons. The van der Waals surface area contributed by atoms with E-state index in [4.69, 9.17) is 4.74 Å². The van der Waals surface area contributed by atoms with Gasteiger partial charge in [0.25, 0.3) is 0 Å². The zero-order valence-electron chi connectivity index (χ0n) is 7.80. The number of ether oxygens (including phenoxy) is 1. The Bertz CT molecular complexity index is 387. The van der Waals surface area contributed by atoms with Crippen molar-refractivity contribution in [1.82, 2.24) is 5.32 Å². The van der Waals surface area contributed by atoms with Gasteiger partial charge in [0.15, 0.2) is 0 Å². The van der Waals surface area contributed by atoms with Crippen molar-refractivity contribution in [3.63, 3.8) is 0 Å². The zero-order chi connectivity index (χ0) is 10.8. The molecule has 0 aliphatic carbocycles. The summed E-state index contributed by atoms with van der Waals surface area (Å²) >= 11 is 3.16. The fourth-order valence-corrected chi connectivity index (χ4v) is 1.98. The third-order valence-electron chi connectivity index (χ3n) is 2.23. The first kappa shape index (κ1) is 10.6. The molecule has 3 nitrogen and oxygen atoms in total. The average Bonchev–Trinajstić information content (AvgIpc) is 2.24. The highest BCUT2D eigenvalue weighted by atomic mass is 79.9. The van der Waals surface area contributed by atoms with Gasteiger partial charge in [-0.1, -0.05) is 12.1 Å². The van der Waals surface area contributed by atoms with Gasteiger partial charge < -0.3 is 10.1 Å². The standard InChI is InChI=1S/C10H9BrFNO2/c11-10-6(2-1-3-7(10)12)8-4-13-9(14)5-15-8/h1-3,8H,4-5H2,(H,13,14). The van der Waals surface area contributed by atoms with Crippen molar-refractivity contribution < 1.29 is 13.9 Å². The smallest absolute Gasteiger partial charge is 0.246 e. The van der Waals surface area contributed by atoms with Crippen LogP contribution in [0.5, 0.6) is 0 Å². The third-order valence-corrected chi connectivity index (χ3v) is 3.07. The lowest BCUT2D eigenvalue weighted by atomic mass is 10.1. The number of amides is 1. The largest absolute Gasteiger partial charge is 0.362 e. The van der Waals surface area contributed by atoms with Crippen LogP contribution in [0.4, 0.5) is 4.39 Å². The van der Waals surface area contributed by atoms with Crippen LogP contribution in [0, 0.1) is 5.82 Å². The molecule has 0 saturated carbocycles. The molecule has 1 fully saturated rings. The summed E-state index contributed by atoms with van der Waals surface area (Å²) < 4.78 is 18.9. The first-order valence-corrected chi connectivity index (χ1v) is 5.30. The van der Waals surface area contributed by atoms with Crippen LogP contribution in [0.25, 0.3) is 0 Å². The van der Waals surface area contributed by atoms with Crippen molar-refractivity contribution in [3.8, 4) is 0 Å². The Balaban J connectivity index is 2.22. The Morgan fingerprint density at radius 3 is 3.00 bits per heavy atom. The van der Waals surface area contributed by atoms with Crippen LogP contribution in [-0.2, 0) is 9.53 Å². The molecule has 1 aromatic rings. The molecular weight excluding hydrogens is 265 g/mol. The Morgan fingerprint density at radius 1 is 1.53 bits per heavy atom. The van der Waals surface area contributed by atoms with Crippen LogP contribution in [0.3, 0.4) is 0 Å². The molecule has 0 spiro atoms. The number of carbonyl (C=O) groups excluding carboxylic acids is 1. The Labute approximate surface area is 94.7 Å². The molecule has 1 amide bonds. The van der Waals surface area contributed by atoms with Crippen molar-refractivity contribution in [2.75, 3.05) is 13.2 Å². The quantitative estimate of drug-likeness (QED) is 0.847. The number of morpholine rings is 1. The molecule has 0 bridgehead atoms. The molecule has 1 unspecified atom stereocenters. The normalized spacial score (nSPS) is 21.2. The van der Waals surface area contributed by atoms with Crippen LogP contribution in [-0.4, -0.2) is 19.1 Å². The highest BCUT2D eigenvalue weighted by Gasteiger charge is 2.22. The maximum atomic E-state index is 13.2. The van der Waals surface area contributed by atoms with Gasteiger partial charge in [0.2, 0.25) is 5.91 Å². The number of hydrogen-bond acceptors (Lipinski definition) is 2. The van der Waals surface area contributed by atoms with Crippen LogP contribution in [0.15, 0.2) is 22.7 Å². The van der Waals surface area contributed by atoms with E-state index in [1.54, 1.807) is 12.1 Å². The molecule has 0 aromatic heterocycles. The minimum Gasteiger partial charge on any atom is -0.362 e. The molecule has 5 heteroatoms. The van der Waals surface area contributed by atoms with E-state index in [1.165, 1.54) is 6.07 Å². The highest BCUT2D eigenvalue weighted by Crippen LogP contribution is 2.28. The lowest BCUT2D eigenvalue weighted by Gasteiger charge is -2.24. The van der Waals surface area contributed by atoms with Crippen molar-refractivity contribution in [2.45, 2.75) is 6.10 Å². The van der Waals surface area contributed by atoms with Crippen molar-refractivity contribution in [1.29, 1.82) is 0 Å². The summed E-state index contributed by atoms with van der Waals surface area (Å²) in [4.78, 5) is 10.9. The maximum Gasteiger partial charge on any atom is 0.246 e. The predicted molar refractivity (Wildman–Crippen MR) is 55.8 cm³/mol. The van der Waals surface area contributed by atoms with Gasteiger partial charge in [0.05, 0.1) is 4.47 Å². The van der Waals surface area contributed by atoms with E-state index in [2.05, 4.69) is 21.2 Å². The molecule has 1 aliphatic rings. The number of hydrogen-bond donors (Lipinski definition) is 1. The molecule has 1 N–H and O–H groups in total. The molecule has 1 aromatic carbocycles. The van der Waals surface area contributed by atoms with Crippen molar-refractivity contribution >= 4 is 21.8 Å². The highest BCUT2D eigenvalue weighted by molar-refractivity contribution is 9.10. The van der Waals surface area contributed by atoms with E-state index in [1.807, 2.05) is 0 Å². The van der Waals surface area contributed by atoms with Crippen LogP contribution in [0.1, 0.15) is 11.7 Å². The number of rotatable bonds is 1. The Kier molecular flexibility index (Phi) is 3.02. The third kappa shape index (κ3) is 2.18. The van der Waals surface area contributed by atoms with Gasteiger partial charge in [0.1, 0.15) is 18.5 Å². The molecule has 15 heavy (non-hydrogen) atoms. The van der Waals surface area contributed by atoms with E-state index >= 15 is 0 Å². The van der Waals surface area contributed by atoms with Crippen molar-refractivity contribution in [2.24, 2.45) is 0 Å². The minimum atomic E-state index is -0.326. The molecule has 1 atom stereocenters. The summed E-state index contributed by atoms with van der Waals surface area (Å²) in [5.74, 6) is -0.466. The number of halogens is 2. The Hall–Kier alpha value is -0.940. The van der Waals surface area contributed by atoms with E-state index in [0.29, 0.717) is 11.0 Å². The minimum absolute atomic E-state index is 0.0214. The van der Waals surface area contributed by atoms with Crippen LogP contribution >= 0.6 is 15.9 Å². The second-order valence-corrected chi connectivity index (χ2v) is 4.04. The first-order chi connectivity index (χ1) is 7.18. The monoisotopic (exact) mass is 273 g/mol. The summed E-state index contributed by atoms with van der Waals surface area (Å²) in [6.07, 6.45) is -0.284. The van der Waals surface area contributed by atoms with Gasteiger partial charge in [-0.25, -0.2) is 4.39 Å². The average molecular weight is 274 g/mol. The van der Waals surface area contributed by atoms with Gasteiger partial charge in [-0.2, -0.15) is 0 Å². The van der Waals surface area contributed by atoms with Gasteiger partial charge >= 0.3 is 0 Å². The first-order valence-electron chi connectivity index (χ1n) is 4.50. The SMILES string of the molecule is O=C1COC(c2cccc(F)c2Br)CN1. The topological polar surface area (TPSA) is 38.3 Å². The van der Waals surface area contributed by atoms with Gasteiger partial charge in [0, 0.05) is 6.54 Å². The maximum absolute atomic E-state index is 13.2. The number of carbonyl (C=O) groups is 1. The number of nitrogens with one attached hydrogen (secondary N) is 1. The fourth-order valence-electron chi connectivity index (χ4n) is 1.46. The van der Waals surface area contributed by atoms with Gasteiger partial charge in [-0.15, -0.1) is 0 Å². The summed E-state index contributed by atoms with van der Waals surface area (Å²) in [6, 6.07) is 4.76. The van der Waals surface area contributed by atoms with E-state index in [-0.39, 0.29) is 24.4 Å². The summed E-state index contributed by atoms with van der Waals surface area (Å²) in [5, 5.41) is 2.67. The summed E-state index contributed by atoms with van der Waals surface area (Å²) in [6.45, 7) is 0.397. The summed E-state index contributed by atoms with van der Waals surface area (Å²) in [7, 11) is 0. The summed E-state index contributed by atoms with van der Waals surface area (Å²) in [5.41, 5.74) is 0.718. The molecule has 1 aliphatic heterocycles. The molecule has 1 saturated heterocycles. The van der Waals surface area contributed by atoms with Crippen LogP contribution in [0.2, 0.25) is 0 Å². The Morgan fingerprint density at radius 2 is 2.33 bits per heavy atom. The molecule has 2 rings (SSSR count). The number of benzene rings is 1. The van der Waals surface area contributed by atoms with Crippen molar-refractivity contribution in [3.05, 3.63) is 34.1 Å². The molecule has 80 valence electrons. The van der Waals surface area contributed by atoms with E-state index in [9.17, 15) is 9.18 Å². The van der Waals surface area contributed by atoms with E-state index in [0.717, 1.165) is 5.56 Å². The molecular formula is C10H9BrFNO2. The van der Waals surface area contributed by atoms with Crippen LogP contribution < -0.4 is 5.32 Å². The lowest BCUT2D eigenvalue weighted by Crippen LogP contribution is -2.38. The lowest BCUT2D eigenvalue weighted by molar-refractivity contribution is -0.133. The predicted octanol–water partition coefficient (Wildman–Crippen LogP) is 1.78. The van der Waals surface area contributed by atoms with Gasteiger partial charge in [-0.3, -0.25) is 4.79 Å². The fraction of sp³-hybridized carbons (Fsp3) is 0.300. The van der Waals surface area contributed by atoms with Gasteiger partial charge in [-0.05, 0) is 27.6 Å². The zero-order valence-corrected chi connectivity index (χ0v) is 9.38. The molecule has 1 heterocycles. The van der Waals surface area contributed by atoms with E-state index < -0.39 is 0 Å². The second-order valence-electron chi connectivity index (χ2n) is 3.25.